The molecule has 16 heavy (non-hydrogen) atoms. The summed E-state index contributed by atoms with van der Waals surface area (Å²) in [6.07, 6.45) is 0. The lowest BCUT2D eigenvalue weighted by Crippen LogP contribution is -2.12. The van der Waals surface area contributed by atoms with Crippen LogP contribution in [0, 0.1) is 0 Å². The quantitative estimate of drug-likeness (QED) is 0.798. The Bertz CT molecular complexity index is 363. The maximum Gasteiger partial charge on any atom is 0.248 e. The van der Waals surface area contributed by atoms with Crippen molar-refractivity contribution in [1.82, 2.24) is 0 Å². The molecule has 0 unspecified atom stereocenters. The van der Waals surface area contributed by atoms with E-state index >= 15 is 0 Å². The number of ether oxygens (including phenoxy) is 2. The molecule has 0 aliphatic rings. The maximum absolute atomic E-state index is 11.0. The van der Waals surface area contributed by atoms with Gasteiger partial charge < -0.3 is 15.2 Å². The largest absolute Gasteiger partial charge is 0.494 e. The van der Waals surface area contributed by atoms with Crippen molar-refractivity contribution in [2.45, 2.75) is 20.5 Å². The number of rotatable bonds is 6. The number of hydrogen-bond acceptors (Lipinski definition) is 3. The third kappa shape index (κ3) is 3.24. The molecule has 0 fully saturated rings. The minimum atomic E-state index is -0.444. The van der Waals surface area contributed by atoms with Crippen LogP contribution in [0.15, 0.2) is 18.2 Å². The lowest BCUT2D eigenvalue weighted by atomic mass is 10.1. The third-order valence-electron chi connectivity index (χ3n) is 2.11. The Kier molecular flexibility index (Phi) is 4.79. The molecule has 0 spiro atoms. The van der Waals surface area contributed by atoms with Crippen LogP contribution in [0.2, 0.25) is 0 Å². The van der Waals surface area contributed by atoms with Gasteiger partial charge in [-0.3, -0.25) is 4.79 Å². The van der Waals surface area contributed by atoms with Gasteiger partial charge in [0.25, 0.3) is 0 Å². The summed E-state index contributed by atoms with van der Waals surface area (Å²) in [7, 11) is 0. The van der Waals surface area contributed by atoms with Crippen LogP contribution < -0.4 is 10.5 Å². The molecule has 1 aromatic carbocycles. The van der Waals surface area contributed by atoms with Gasteiger partial charge in [0.2, 0.25) is 5.91 Å². The highest BCUT2D eigenvalue weighted by Gasteiger charge is 2.08. The number of benzene rings is 1. The summed E-state index contributed by atoms with van der Waals surface area (Å²) >= 11 is 0. The summed E-state index contributed by atoms with van der Waals surface area (Å²) in [6.45, 7) is 5.44. The molecule has 0 aliphatic carbocycles. The fourth-order valence-electron chi connectivity index (χ4n) is 1.35. The Balaban J connectivity index is 2.95. The molecular weight excluding hydrogens is 206 g/mol. The number of carbonyl (C=O) groups is 1. The van der Waals surface area contributed by atoms with Crippen molar-refractivity contribution in [1.29, 1.82) is 0 Å². The van der Waals surface area contributed by atoms with E-state index in [2.05, 4.69) is 0 Å². The standard InChI is InChI=1S/C12H17NO3/c1-3-15-8-10-7-9(12(13)14)5-6-11(10)16-4-2/h5-7H,3-4,8H2,1-2H3,(H2,13,14). The zero-order chi connectivity index (χ0) is 12.0. The van der Waals surface area contributed by atoms with Gasteiger partial charge in [0, 0.05) is 17.7 Å². The predicted molar refractivity (Wildman–Crippen MR) is 61.5 cm³/mol. The fraction of sp³-hybridized carbons (Fsp3) is 0.417. The average molecular weight is 223 g/mol. The van der Waals surface area contributed by atoms with Gasteiger partial charge >= 0.3 is 0 Å². The molecule has 0 saturated carbocycles. The molecule has 0 radical (unpaired) electrons. The zero-order valence-electron chi connectivity index (χ0n) is 9.66. The van der Waals surface area contributed by atoms with Gasteiger partial charge in [-0.05, 0) is 32.0 Å². The smallest absolute Gasteiger partial charge is 0.248 e. The van der Waals surface area contributed by atoms with E-state index in [0.717, 1.165) is 11.3 Å². The van der Waals surface area contributed by atoms with Crippen LogP contribution >= 0.6 is 0 Å². The van der Waals surface area contributed by atoms with Crippen LogP contribution in [0.4, 0.5) is 0 Å². The molecule has 0 heterocycles. The van der Waals surface area contributed by atoms with Crippen LogP contribution in [0.25, 0.3) is 0 Å². The van der Waals surface area contributed by atoms with Gasteiger partial charge in [0.05, 0.1) is 13.2 Å². The molecule has 4 heteroatoms. The Morgan fingerprint density at radius 2 is 2.06 bits per heavy atom. The fourth-order valence-corrected chi connectivity index (χ4v) is 1.35. The van der Waals surface area contributed by atoms with E-state index in [9.17, 15) is 4.79 Å². The second-order valence-corrected chi connectivity index (χ2v) is 3.26. The van der Waals surface area contributed by atoms with E-state index < -0.39 is 5.91 Å². The van der Waals surface area contributed by atoms with E-state index in [1.807, 2.05) is 13.8 Å². The summed E-state index contributed by atoms with van der Waals surface area (Å²) in [5.41, 5.74) is 6.53. The van der Waals surface area contributed by atoms with E-state index in [4.69, 9.17) is 15.2 Å². The first kappa shape index (κ1) is 12.5. The summed E-state index contributed by atoms with van der Waals surface area (Å²) in [5, 5.41) is 0. The molecular formula is C12H17NO3. The summed E-state index contributed by atoms with van der Waals surface area (Å²) in [4.78, 5) is 11.0. The minimum Gasteiger partial charge on any atom is -0.494 e. The molecule has 1 rings (SSSR count). The highest BCUT2D eigenvalue weighted by Crippen LogP contribution is 2.21. The number of hydrogen-bond donors (Lipinski definition) is 1. The number of nitrogens with two attached hydrogens (primary N) is 1. The topological polar surface area (TPSA) is 61.5 Å². The molecule has 0 bridgehead atoms. The average Bonchev–Trinajstić information content (AvgIpc) is 2.27. The molecule has 0 aromatic heterocycles. The van der Waals surface area contributed by atoms with Gasteiger partial charge in [-0.25, -0.2) is 0 Å². The first-order valence-electron chi connectivity index (χ1n) is 5.32. The van der Waals surface area contributed by atoms with Gasteiger partial charge in [-0.1, -0.05) is 0 Å². The Labute approximate surface area is 95.3 Å². The monoisotopic (exact) mass is 223 g/mol. The third-order valence-corrected chi connectivity index (χ3v) is 2.11. The van der Waals surface area contributed by atoms with Crippen molar-refractivity contribution in [3.8, 4) is 5.75 Å². The van der Waals surface area contributed by atoms with E-state index in [0.29, 0.717) is 25.4 Å². The highest BCUT2D eigenvalue weighted by molar-refractivity contribution is 5.93. The van der Waals surface area contributed by atoms with E-state index in [-0.39, 0.29) is 0 Å². The SMILES string of the molecule is CCOCc1cc(C(N)=O)ccc1OCC. The first-order chi connectivity index (χ1) is 7.69. The van der Waals surface area contributed by atoms with Crippen molar-refractivity contribution in [2.24, 2.45) is 5.73 Å². The van der Waals surface area contributed by atoms with Crippen LogP contribution in [0.1, 0.15) is 29.8 Å². The van der Waals surface area contributed by atoms with Crippen molar-refractivity contribution >= 4 is 5.91 Å². The van der Waals surface area contributed by atoms with Crippen LogP contribution in [-0.2, 0) is 11.3 Å². The van der Waals surface area contributed by atoms with Crippen molar-refractivity contribution in [3.63, 3.8) is 0 Å². The summed E-state index contributed by atoms with van der Waals surface area (Å²) in [5.74, 6) is 0.293. The Hall–Kier alpha value is -1.55. The second kappa shape index (κ2) is 6.12. The lowest BCUT2D eigenvalue weighted by Gasteiger charge is -2.11. The Morgan fingerprint density at radius 3 is 2.62 bits per heavy atom. The van der Waals surface area contributed by atoms with Crippen LogP contribution in [0.5, 0.6) is 5.75 Å². The lowest BCUT2D eigenvalue weighted by molar-refractivity contribution is 0.0999. The minimum absolute atomic E-state index is 0.424. The van der Waals surface area contributed by atoms with Crippen LogP contribution in [0.3, 0.4) is 0 Å². The first-order valence-corrected chi connectivity index (χ1v) is 5.32. The van der Waals surface area contributed by atoms with Gasteiger partial charge in [0.15, 0.2) is 0 Å². The second-order valence-electron chi connectivity index (χ2n) is 3.26. The normalized spacial score (nSPS) is 10.1. The molecule has 0 saturated heterocycles. The maximum atomic E-state index is 11.0. The van der Waals surface area contributed by atoms with Gasteiger partial charge in [0.1, 0.15) is 5.75 Å². The molecule has 0 aliphatic heterocycles. The highest BCUT2D eigenvalue weighted by atomic mass is 16.5. The molecule has 1 aromatic rings. The number of amides is 1. The number of primary amides is 1. The van der Waals surface area contributed by atoms with Gasteiger partial charge in [-0.2, -0.15) is 0 Å². The van der Waals surface area contributed by atoms with Gasteiger partial charge in [-0.15, -0.1) is 0 Å². The molecule has 88 valence electrons. The van der Waals surface area contributed by atoms with Crippen LogP contribution in [-0.4, -0.2) is 19.1 Å². The van der Waals surface area contributed by atoms with E-state index in [1.165, 1.54) is 0 Å². The molecule has 1 amide bonds. The molecule has 4 nitrogen and oxygen atoms in total. The van der Waals surface area contributed by atoms with Crippen molar-refractivity contribution in [2.75, 3.05) is 13.2 Å². The van der Waals surface area contributed by atoms with Crippen molar-refractivity contribution in [3.05, 3.63) is 29.3 Å². The molecule has 2 N–H and O–H groups in total. The summed E-state index contributed by atoms with van der Waals surface area (Å²) < 4.78 is 10.7. The number of carbonyl (C=O) groups excluding carboxylic acids is 1. The molecule has 0 atom stereocenters. The zero-order valence-corrected chi connectivity index (χ0v) is 9.66. The summed E-state index contributed by atoms with van der Waals surface area (Å²) in [6, 6.07) is 5.11. The predicted octanol–water partition coefficient (Wildman–Crippen LogP) is 1.72. The van der Waals surface area contributed by atoms with E-state index in [1.54, 1.807) is 18.2 Å². The van der Waals surface area contributed by atoms with Crippen molar-refractivity contribution < 1.29 is 14.3 Å². The Morgan fingerprint density at radius 1 is 1.31 bits per heavy atom.